The summed E-state index contributed by atoms with van der Waals surface area (Å²) >= 11 is 0. The van der Waals surface area contributed by atoms with Gasteiger partial charge in [-0.25, -0.2) is 9.55 Å². The van der Waals surface area contributed by atoms with E-state index in [1.54, 1.807) is 20.3 Å². The fourth-order valence-corrected chi connectivity index (χ4v) is 2.67. The maximum Gasteiger partial charge on any atom is 0.270 e. The van der Waals surface area contributed by atoms with E-state index in [0.29, 0.717) is 17.2 Å². The van der Waals surface area contributed by atoms with Crippen LogP contribution >= 0.6 is 0 Å². The molecule has 6 nitrogen and oxygen atoms in total. The molecule has 1 amide bonds. The highest BCUT2D eigenvalue weighted by Gasteiger charge is 2.13. The molecule has 2 heterocycles. The second kappa shape index (κ2) is 7.17. The maximum atomic E-state index is 12.5. The van der Waals surface area contributed by atoms with Gasteiger partial charge in [-0.05, 0) is 24.3 Å². The first kappa shape index (κ1) is 16.7. The van der Waals surface area contributed by atoms with Crippen LogP contribution in [-0.4, -0.2) is 25.1 Å². The minimum absolute atomic E-state index is 0.247. The number of rotatable bonds is 5. The van der Waals surface area contributed by atoms with Gasteiger partial charge in [0.15, 0.2) is 12.4 Å². The SMILES string of the molecule is COc1cccc(OC)c1CNC(=O)c1ccc2c[n+](C)ccc2n1. The topological polar surface area (TPSA) is 64.3 Å². The van der Waals surface area contributed by atoms with Gasteiger partial charge in [0.1, 0.15) is 24.2 Å². The van der Waals surface area contributed by atoms with Gasteiger partial charge in [0.2, 0.25) is 0 Å². The van der Waals surface area contributed by atoms with Crippen molar-refractivity contribution >= 4 is 16.8 Å². The van der Waals surface area contributed by atoms with Crippen molar-refractivity contribution in [3.05, 3.63) is 60.0 Å². The summed E-state index contributed by atoms with van der Waals surface area (Å²) in [6, 6.07) is 11.0. The molecular weight excluding hydrogens is 318 g/mol. The Balaban J connectivity index is 1.80. The molecule has 3 aromatic rings. The number of benzene rings is 1. The van der Waals surface area contributed by atoms with E-state index >= 15 is 0 Å². The Morgan fingerprint density at radius 1 is 1.12 bits per heavy atom. The lowest BCUT2D eigenvalue weighted by Gasteiger charge is -2.13. The molecule has 25 heavy (non-hydrogen) atoms. The third-order valence-corrected chi connectivity index (χ3v) is 3.96. The predicted molar refractivity (Wildman–Crippen MR) is 93.6 cm³/mol. The van der Waals surface area contributed by atoms with Crippen molar-refractivity contribution in [1.29, 1.82) is 0 Å². The van der Waals surface area contributed by atoms with Crippen LogP contribution < -0.4 is 19.4 Å². The molecule has 0 saturated heterocycles. The van der Waals surface area contributed by atoms with E-state index in [-0.39, 0.29) is 12.5 Å². The number of carbonyl (C=O) groups is 1. The van der Waals surface area contributed by atoms with Crippen LogP contribution in [0.2, 0.25) is 0 Å². The van der Waals surface area contributed by atoms with Crippen molar-refractivity contribution in [1.82, 2.24) is 10.3 Å². The monoisotopic (exact) mass is 338 g/mol. The van der Waals surface area contributed by atoms with E-state index in [4.69, 9.17) is 9.47 Å². The fraction of sp³-hybridized carbons (Fsp3) is 0.211. The van der Waals surface area contributed by atoms with Crippen LogP contribution in [0.5, 0.6) is 11.5 Å². The van der Waals surface area contributed by atoms with Gasteiger partial charge in [0.05, 0.1) is 37.2 Å². The molecule has 3 rings (SSSR count). The highest BCUT2D eigenvalue weighted by Crippen LogP contribution is 2.27. The van der Waals surface area contributed by atoms with Crippen LogP contribution in [0, 0.1) is 0 Å². The quantitative estimate of drug-likeness (QED) is 0.723. The first-order chi connectivity index (χ1) is 12.1. The summed E-state index contributed by atoms with van der Waals surface area (Å²) in [6.07, 6.45) is 3.86. The van der Waals surface area contributed by atoms with Crippen LogP contribution in [-0.2, 0) is 13.6 Å². The van der Waals surface area contributed by atoms with Crippen molar-refractivity contribution in [3.8, 4) is 11.5 Å². The summed E-state index contributed by atoms with van der Waals surface area (Å²) in [6.45, 7) is 0.287. The van der Waals surface area contributed by atoms with E-state index in [9.17, 15) is 4.79 Å². The van der Waals surface area contributed by atoms with Gasteiger partial charge in [-0.1, -0.05) is 6.07 Å². The second-order valence-corrected chi connectivity index (χ2v) is 5.61. The van der Waals surface area contributed by atoms with Crippen LogP contribution in [0.4, 0.5) is 0 Å². The molecule has 6 heteroatoms. The van der Waals surface area contributed by atoms with Gasteiger partial charge >= 0.3 is 0 Å². The average Bonchev–Trinajstić information content (AvgIpc) is 2.65. The number of amides is 1. The summed E-state index contributed by atoms with van der Waals surface area (Å²) in [5.41, 5.74) is 1.93. The minimum Gasteiger partial charge on any atom is -0.496 e. The number of carbonyl (C=O) groups excluding carboxylic acids is 1. The summed E-state index contributed by atoms with van der Waals surface area (Å²) in [7, 11) is 5.12. The number of fused-ring (bicyclic) bond motifs is 1. The molecule has 1 aromatic carbocycles. The lowest BCUT2D eigenvalue weighted by Crippen LogP contribution is -2.26. The average molecular weight is 338 g/mol. The molecular formula is C19H20N3O3+. The van der Waals surface area contributed by atoms with Crippen molar-refractivity contribution in [2.45, 2.75) is 6.54 Å². The van der Waals surface area contributed by atoms with E-state index in [1.165, 1.54) is 0 Å². The van der Waals surface area contributed by atoms with Crippen molar-refractivity contribution in [3.63, 3.8) is 0 Å². The normalized spacial score (nSPS) is 10.5. The second-order valence-electron chi connectivity index (χ2n) is 5.61. The van der Waals surface area contributed by atoms with Crippen molar-refractivity contribution in [2.75, 3.05) is 14.2 Å². The number of aryl methyl sites for hydroxylation is 1. The Morgan fingerprint density at radius 2 is 1.84 bits per heavy atom. The molecule has 1 N–H and O–H groups in total. The van der Waals surface area contributed by atoms with E-state index < -0.39 is 0 Å². The number of ether oxygens (including phenoxy) is 2. The summed E-state index contributed by atoms with van der Waals surface area (Å²) in [5.74, 6) is 1.08. The Kier molecular flexibility index (Phi) is 4.79. The van der Waals surface area contributed by atoms with Gasteiger partial charge in [-0.2, -0.15) is 0 Å². The van der Waals surface area contributed by atoms with Gasteiger partial charge in [0, 0.05) is 6.07 Å². The molecule has 0 radical (unpaired) electrons. The Morgan fingerprint density at radius 3 is 2.52 bits per heavy atom. The summed E-state index contributed by atoms with van der Waals surface area (Å²) in [4.78, 5) is 16.9. The molecule has 128 valence electrons. The predicted octanol–water partition coefficient (Wildman–Crippen LogP) is 2.01. The molecule has 0 unspecified atom stereocenters. The van der Waals surface area contributed by atoms with Crippen molar-refractivity contribution < 1.29 is 18.8 Å². The van der Waals surface area contributed by atoms with Gasteiger partial charge < -0.3 is 14.8 Å². The molecule has 0 fully saturated rings. The number of hydrogen-bond acceptors (Lipinski definition) is 4. The van der Waals surface area contributed by atoms with E-state index in [0.717, 1.165) is 16.5 Å². The third-order valence-electron chi connectivity index (χ3n) is 3.96. The molecule has 0 spiro atoms. The van der Waals surface area contributed by atoms with Crippen LogP contribution in [0.3, 0.4) is 0 Å². The van der Waals surface area contributed by atoms with Gasteiger partial charge in [-0.15, -0.1) is 0 Å². The lowest BCUT2D eigenvalue weighted by atomic mass is 10.1. The molecule has 0 aliphatic heterocycles. The zero-order valence-corrected chi connectivity index (χ0v) is 14.4. The lowest BCUT2D eigenvalue weighted by molar-refractivity contribution is -0.670. The zero-order valence-electron chi connectivity index (χ0n) is 14.4. The van der Waals surface area contributed by atoms with Crippen LogP contribution in [0.1, 0.15) is 16.1 Å². The number of nitrogens with one attached hydrogen (secondary N) is 1. The third kappa shape index (κ3) is 3.52. The van der Waals surface area contributed by atoms with Crippen LogP contribution in [0.25, 0.3) is 10.9 Å². The van der Waals surface area contributed by atoms with Gasteiger partial charge in [0.25, 0.3) is 5.91 Å². The Bertz CT molecular complexity index is 903. The van der Waals surface area contributed by atoms with Gasteiger partial charge in [-0.3, -0.25) is 4.79 Å². The van der Waals surface area contributed by atoms with Crippen LogP contribution in [0.15, 0.2) is 48.8 Å². The Hall–Kier alpha value is -3.15. The maximum absolute atomic E-state index is 12.5. The molecule has 2 aromatic heterocycles. The molecule has 0 aliphatic rings. The standard InChI is InChI=1S/C19H19N3O3/c1-22-10-9-15-13(12-22)7-8-16(21-15)19(23)20-11-14-17(24-2)5-4-6-18(14)25-3/h4-10,12H,11H2,1-3H3/p+1. The summed E-state index contributed by atoms with van der Waals surface area (Å²) in [5, 5.41) is 3.85. The fourth-order valence-electron chi connectivity index (χ4n) is 2.67. The molecule has 0 saturated carbocycles. The first-order valence-corrected chi connectivity index (χ1v) is 7.86. The molecule has 0 bridgehead atoms. The molecule has 0 aliphatic carbocycles. The largest absolute Gasteiger partial charge is 0.496 e. The number of methoxy groups -OCH3 is 2. The Labute approximate surface area is 146 Å². The minimum atomic E-state index is -0.247. The first-order valence-electron chi connectivity index (χ1n) is 7.86. The highest BCUT2D eigenvalue weighted by atomic mass is 16.5. The highest BCUT2D eigenvalue weighted by molar-refractivity contribution is 5.94. The number of nitrogens with zero attached hydrogens (tertiary/aromatic N) is 2. The molecule has 0 atom stereocenters. The van der Waals surface area contributed by atoms with Crippen molar-refractivity contribution in [2.24, 2.45) is 7.05 Å². The summed E-state index contributed by atoms with van der Waals surface area (Å²) < 4.78 is 12.6. The zero-order chi connectivity index (χ0) is 17.8. The number of hydrogen-bond donors (Lipinski definition) is 1. The number of pyridine rings is 2. The number of aromatic nitrogens is 2. The van der Waals surface area contributed by atoms with E-state index in [2.05, 4.69) is 10.3 Å². The smallest absolute Gasteiger partial charge is 0.270 e. The van der Waals surface area contributed by atoms with E-state index in [1.807, 2.05) is 54.3 Å².